The molecule has 0 aliphatic carbocycles. The minimum atomic E-state index is -0.169. The number of aromatic nitrogens is 5. The molecule has 3 N–H and O–H groups in total. The highest BCUT2D eigenvalue weighted by molar-refractivity contribution is 8.03. The van der Waals surface area contributed by atoms with E-state index in [-0.39, 0.29) is 11.4 Å². The maximum atomic E-state index is 12.4. The summed E-state index contributed by atoms with van der Waals surface area (Å²) in [6.45, 7) is 1.99. The number of H-pyrrole nitrogens is 1. The predicted molar refractivity (Wildman–Crippen MR) is 112 cm³/mol. The van der Waals surface area contributed by atoms with E-state index in [1.165, 1.54) is 0 Å². The van der Waals surface area contributed by atoms with Gasteiger partial charge in [0.1, 0.15) is 5.65 Å². The first kappa shape index (κ1) is 17.5. The molecule has 0 saturated carbocycles. The normalized spacial score (nSPS) is 15.9. The first-order valence-electron chi connectivity index (χ1n) is 9.00. The van der Waals surface area contributed by atoms with Gasteiger partial charge in [0.2, 0.25) is 0 Å². The molecule has 1 aliphatic rings. The van der Waals surface area contributed by atoms with Gasteiger partial charge in [0.25, 0.3) is 5.91 Å². The van der Waals surface area contributed by atoms with Gasteiger partial charge >= 0.3 is 0 Å². The zero-order chi connectivity index (χ0) is 19.8. The van der Waals surface area contributed by atoms with E-state index < -0.39 is 0 Å². The third kappa shape index (κ3) is 3.36. The fourth-order valence-corrected chi connectivity index (χ4v) is 3.96. The summed E-state index contributed by atoms with van der Waals surface area (Å²) in [4.78, 5) is 22.5. The number of imidazole rings is 1. The second-order valence-electron chi connectivity index (χ2n) is 6.60. The lowest BCUT2D eigenvalue weighted by Crippen LogP contribution is -2.38. The van der Waals surface area contributed by atoms with Crippen molar-refractivity contribution in [2.75, 3.05) is 0 Å². The van der Waals surface area contributed by atoms with Crippen molar-refractivity contribution in [3.63, 3.8) is 0 Å². The molecule has 0 fully saturated rings. The Kier molecular flexibility index (Phi) is 4.28. The van der Waals surface area contributed by atoms with Crippen molar-refractivity contribution >= 4 is 23.3 Å². The highest BCUT2D eigenvalue weighted by Gasteiger charge is 2.18. The summed E-state index contributed by atoms with van der Waals surface area (Å²) < 4.78 is 1.98. The van der Waals surface area contributed by atoms with Gasteiger partial charge in [0, 0.05) is 40.8 Å². The average Bonchev–Trinajstić information content (AvgIpc) is 3.48. The average molecular weight is 403 g/mol. The fraction of sp³-hybridized carbons (Fsp3) is 0.100. The highest BCUT2D eigenvalue weighted by Crippen LogP contribution is 2.25. The van der Waals surface area contributed by atoms with Crippen LogP contribution in [0.2, 0.25) is 0 Å². The fourth-order valence-electron chi connectivity index (χ4n) is 3.15. The van der Waals surface area contributed by atoms with Crippen molar-refractivity contribution < 1.29 is 4.79 Å². The van der Waals surface area contributed by atoms with E-state index >= 15 is 0 Å². The van der Waals surface area contributed by atoms with Crippen LogP contribution in [-0.2, 0) is 0 Å². The number of amides is 1. The van der Waals surface area contributed by atoms with Gasteiger partial charge in [0.15, 0.2) is 5.50 Å². The molecular formula is C20H17N7OS. The summed E-state index contributed by atoms with van der Waals surface area (Å²) in [6.07, 6.45) is 10.9. The Balaban J connectivity index is 1.40. The van der Waals surface area contributed by atoms with Gasteiger partial charge in [0.05, 0.1) is 29.3 Å². The molecule has 8 nitrogen and oxygen atoms in total. The molecule has 0 bridgehead atoms. The first-order valence-corrected chi connectivity index (χ1v) is 9.88. The number of pyridine rings is 2. The van der Waals surface area contributed by atoms with Crippen molar-refractivity contribution in [2.45, 2.75) is 12.4 Å². The number of carbonyl (C=O) groups is 1. The van der Waals surface area contributed by atoms with E-state index in [9.17, 15) is 4.79 Å². The lowest BCUT2D eigenvalue weighted by atomic mass is 10.1. The third-order valence-corrected chi connectivity index (χ3v) is 5.61. The molecular weight excluding hydrogens is 386 g/mol. The Morgan fingerprint density at radius 3 is 2.79 bits per heavy atom. The molecule has 144 valence electrons. The molecule has 0 radical (unpaired) electrons. The Morgan fingerprint density at radius 1 is 1.14 bits per heavy atom. The van der Waals surface area contributed by atoms with Crippen LogP contribution < -0.4 is 10.6 Å². The lowest BCUT2D eigenvalue weighted by molar-refractivity contribution is 0.0947. The van der Waals surface area contributed by atoms with E-state index in [1.807, 2.05) is 48.1 Å². The Labute approximate surface area is 170 Å². The maximum absolute atomic E-state index is 12.4. The summed E-state index contributed by atoms with van der Waals surface area (Å²) in [5, 5.41) is 12.9. The second kappa shape index (κ2) is 7.10. The van der Waals surface area contributed by atoms with Gasteiger partial charge < -0.3 is 10.6 Å². The number of aromatic amines is 1. The van der Waals surface area contributed by atoms with E-state index in [0.717, 1.165) is 33.1 Å². The molecule has 0 saturated heterocycles. The van der Waals surface area contributed by atoms with Gasteiger partial charge in [-0.25, -0.2) is 4.98 Å². The van der Waals surface area contributed by atoms with Crippen LogP contribution in [-0.4, -0.2) is 36.0 Å². The Hall–Kier alpha value is -3.59. The van der Waals surface area contributed by atoms with Crippen molar-refractivity contribution in [2.24, 2.45) is 0 Å². The third-order valence-electron chi connectivity index (χ3n) is 4.63. The smallest absolute Gasteiger partial charge is 0.255 e. The largest absolute Gasteiger partial charge is 0.362 e. The van der Waals surface area contributed by atoms with Crippen molar-refractivity contribution in [1.29, 1.82) is 0 Å². The van der Waals surface area contributed by atoms with Gasteiger partial charge in [-0.1, -0.05) is 11.8 Å². The van der Waals surface area contributed by atoms with Crippen LogP contribution in [0.5, 0.6) is 0 Å². The second-order valence-corrected chi connectivity index (χ2v) is 7.95. The molecule has 29 heavy (non-hydrogen) atoms. The molecule has 9 heteroatoms. The number of nitrogens with zero attached hydrogens (tertiary/aromatic N) is 4. The molecule has 1 unspecified atom stereocenters. The summed E-state index contributed by atoms with van der Waals surface area (Å²) in [5.74, 6) is -0.169. The summed E-state index contributed by atoms with van der Waals surface area (Å²) in [6, 6.07) is 7.57. The molecule has 1 atom stereocenters. The van der Waals surface area contributed by atoms with Crippen molar-refractivity contribution in [3.05, 3.63) is 71.9 Å². The van der Waals surface area contributed by atoms with Crippen LogP contribution in [0.3, 0.4) is 0 Å². The number of rotatable bonds is 4. The number of hydrogen-bond acceptors (Lipinski definition) is 6. The standard InChI is InChI=1S/C20H17N7OS/c1-12-6-23-20(29-12)26-19(28)13-2-4-16(21-7-13)17-10-22-18-5-3-14(11-27(17)18)15-8-24-25-9-15/h2-11,20,23H,1H3,(H,24,25)(H,26,28). The zero-order valence-corrected chi connectivity index (χ0v) is 16.3. The van der Waals surface area contributed by atoms with Crippen LogP contribution in [0.1, 0.15) is 17.3 Å². The zero-order valence-electron chi connectivity index (χ0n) is 15.5. The van der Waals surface area contributed by atoms with Gasteiger partial charge in [-0.05, 0) is 31.2 Å². The number of fused-ring (bicyclic) bond motifs is 1. The lowest BCUT2D eigenvalue weighted by Gasteiger charge is -2.12. The van der Waals surface area contributed by atoms with E-state index in [4.69, 9.17) is 0 Å². The van der Waals surface area contributed by atoms with Crippen LogP contribution >= 0.6 is 11.8 Å². The number of nitrogens with one attached hydrogen (secondary N) is 3. The molecule has 0 spiro atoms. The monoisotopic (exact) mass is 403 g/mol. The molecule has 0 aromatic carbocycles. The van der Waals surface area contributed by atoms with Crippen molar-refractivity contribution in [1.82, 2.24) is 35.2 Å². The molecule has 1 amide bonds. The topological polar surface area (TPSA) is 100 Å². The summed E-state index contributed by atoms with van der Waals surface area (Å²) in [7, 11) is 0. The molecule has 5 heterocycles. The van der Waals surface area contributed by atoms with Crippen LogP contribution in [0.4, 0.5) is 0 Å². The van der Waals surface area contributed by atoms with Gasteiger partial charge in [-0.2, -0.15) is 5.10 Å². The summed E-state index contributed by atoms with van der Waals surface area (Å²) >= 11 is 1.57. The highest BCUT2D eigenvalue weighted by atomic mass is 32.2. The number of carbonyl (C=O) groups excluding carboxylic acids is 1. The molecule has 1 aliphatic heterocycles. The van der Waals surface area contributed by atoms with Crippen molar-refractivity contribution in [3.8, 4) is 22.5 Å². The van der Waals surface area contributed by atoms with Gasteiger partial charge in [-0.3, -0.25) is 19.3 Å². The minimum absolute atomic E-state index is 0.151. The first-order chi connectivity index (χ1) is 14.2. The van der Waals surface area contributed by atoms with Crippen LogP contribution in [0.25, 0.3) is 28.2 Å². The molecule has 4 aromatic heterocycles. The van der Waals surface area contributed by atoms with E-state index in [1.54, 1.807) is 36.4 Å². The van der Waals surface area contributed by atoms with Gasteiger partial charge in [-0.15, -0.1) is 0 Å². The Morgan fingerprint density at radius 2 is 2.07 bits per heavy atom. The SMILES string of the molecule is CC1=CNC(NC(=O)c2ccc(-c3cnc4ccc(-c5cn[nH]c5)cn34)nc2)S1. The number of thioether (sulfide) groups is 1. The number of hydrogen-bond donors (Lipinski definition) is 3. The predicted octanol–water partition coefficient (Wildman–Crippen LogP) is 3.00. The van der Waals surface area contributed by atoms with E-state index in [0.29, 0.717) is 5.56 Å². The molecule has 4 aromatic rings. The summed E-state index contributed by atoms with van der Waals surface area (Å²) in [5.41, 5.74) is 4.79. The maximum Gasteiger partial charge on any atom is 0.255 e. The number of allylic oxidation sites excluding steroid dienone is 1. The molecule has 5 rings (SSSR count). The van der Waals surface area contributed by atoms with Crippen LogP contribution in [0.15, 0.2) is 66.4 Å². The van der Waals surface area contributed by atoms with E-state index in [2.05, 4.69) is 30.8 Å². The minimum Gasteiger partial charge on any atom is -0.362 e. The van der Waals surface area contributed by atoms with Crippen LogP contribution in [0, 0.1) is 0 Å². The quantitative estimate of drug-likeness (QED) is 0.484. The Bertz CT molecular complexity index is 1210.